The van der Waals surface area contributed by atoms with Crippen molar-refractivity contribution in [1.29, 1.82) is 0 Å². The first kappa shape index (κ1) is 29.3. The predicted octanol–water partition coefficient (Wildman–Crippen LogP) is 4.21. The van der Waals surface area contributed by atoms with Crippen LogP contribution in [0.4, 0.5) is 5.69 Å². The number of ether oxygens (including phenoxy) is 2. The molecule has 0 aromatic heterocycles. The molecule has 8 nitrogen and oxygen atoms in total. The number of β-amino-alcohol motifs (C(OH)–C–C–N with tert-alkyl or cyclic N) is 1. The quantitative estimate of drug-likeness (QED) is 0.221. The van der Waals surface area contributed by atoms with Gasteiger partial charge in [0.1, 0.15) is 17.6 Å². The fraction of sp³-hybridized carbons (Fsp3) is 0.567. The highest BCUT2D eigenvalue weighted by Gasteiger charge is 2.79. The summed E-state index contributed by atoms with van der Waals surface area (Å²) in [6, 6.07) is 4.35. The fourth-order valence-electron chi connectivity index (χ4n) is 6.89. The highest BCUT2D eigenvalue weighted by atomic mass is 35.5. The van der Waals surface area contributed by atoms with Crippen LogP contribution in [0.15, 0.2) is 43.5 Å². The van der Waals surface area contributed by atoms with E-state index in [1.165, 1.54) is 9.80 Å². The van der Waals surface area contributed by atoms with Crippen molar-refractivity contribution >= 4 is 35.1 Å². The molecule has 1 spiro atoms. The number of carbonyl (C=O) groups is 3. The van der Waals surface area contributed by atoms with Gasteiger partial charge in [0.25, 0.3) is 5.91 Å². The highest BCUT2D eigenvalue weighted by molar-refractivity contribution is 6.34. The Morgan fingerprint density at radius 3 is 2.69 bits per heavy atom. The molecule has 0 radical (unpaired) electrons. The standard InChI is InChI=1S/C30H39ClN2O6/c1-5-8-9-10-19-38-28(37)23-22-26(35)33(17-18-34)25(30(22)15-14-29(23,7-3)39-30)27(36)32(16-6-2)24-20(4)12-11-13-21(24)31/h5-6,11-13,22-23,25,34H,1-2,7-10,14-19H2,3-4H3/t22-,23+,25?,29-,30?/m0/s1. The monoisotopic (exact) mass is 558 g/mol. The Morgan fingerprint density at radius 1 is 1.28 bits per heavy atom. The van der Waals surface area contributed by atoms with E-state index in [-0.39, 0.29) is 38.1 Å². The van der Waals surface area contributed by atoms with E-state index in [2.05, 4.69) is 13.2 Å². The summed E-state index contributed by atoms with van der Waals surface area (Å²) < 4.78 is 12.4. The molecule has 2 unspecified atom stereocenters. The average Bonchev–Trinajstić information content (AvgIpc) is 3.51. The van der Waals surface area contributed by atoms with Crippen LogP contribution in [-0.4, -0.2) is 71.3 Å². The SMILES string of the molecule is C=CCCCCOC(=O)[C@H]1[C@H]2C(=O)N(CCO)C(C(=O)N(CC=C)c3c(C)cccc3Cl)C23CC[C@]1(CC)O3. The third-order valence-electron chi connectivity index (χ3n) is 8.59. The zero-order chi connectivity index (χ0) is 28.4. The summed E-state index contributed by atoms with van der Waals surface area (Å²) in [6.45, 7) is 11.4. The van der Waals surface area contributed by atoms with Gasteiger partial charge in [-0.25, -0.2) is 0 Å². The van der Waals surface area contributed by atoms with Crippen molar-refractivity contribution in [3.63, 3.8) is 0 Å². The Kier molecular flexibility index (Phi) is 8.88. The molecule has 2 amide bonds. The summed E-state index contributed by atoms with van der Waals surface area (Å²) in [6.07, 6.45) is 7.30. The van der Waals surface area contributed by atoms with Gasteiger partial charge in [0.15, 0.2) is 0 Å². The Morgan fingerprint density at radius 2 is 2.05 bits per heavy atom. The molecule has 3 aliphatic heterocycles. The van der Waals surface area contributed by atoms with Gasteiger partial charge in [0.2, 0.25) is 5.91 Å². The predicted molar refractivity (Wildman–Crippen MR) is 149 cm³/mol. The van der Waals surface area contributed by atoms with Gasteiger partial charge in [0.05, 0.1) is 35.4 Å². The zero-order valence-electron chi connectivity index (χ0n) is 22.9. The lowest BCUT2D eigenvalue weighted by atomic mass is 9.65. The van der Waals surface area contributed by atoms with Crippen LogP contribution in [0.25, 0.3) is 0 Å². The van der Waals surface area contributed by atoms with Crippen LogP contribution in [0.1, 0.15) is 51.0 Å². The Labute approximate surface area is 235 Å². The molecule has 0 saturated carbocycles. The van der Waals surface area contributed by atoms with Crippen molar-refractivity contribution in [3.8, 4) is 0 Å². The number of benzene rings is 1. The number of rotatable bonds is 13. The molecule has 0 aliphatic carbocycles. The number of halogens is 1. The number of hydrogen-bond donors (Lipinski definition) is 1. The largest absolute Gasteiger partial charge is 0.465 e. The van der Waals surface area contributed by atoms with Crippen LogP contribution in [0.5, 0.6) is 0 Å². The minimum Gasteiger partial charge on any atom is -0.465 e. The van der Waals surface area contributed by atoms with E-state index in [0.29, 0.717) is 36.4 Å². The molecule has 3 heterocycles. The number of unbranched alkanes of at least 4 members (excludes halogenated alkanes) is 2. The fourth-order valence-corrected chi connectivity index (χ4v) is 7.21. The summed E-state index contributed by atoms with van der Waals surface area (Å²) in [7, 11) is 0. The molecule has 3 fully saturated rings. The molecular formula is C30H39ClN2O6. The van der Waals surface area contributed by atoms with Crippen LogP contribution in [0.3, 0.4) is 0 Å². The molecular weight excluding hydrogens is 520 g/mol. The number of anilines is 1. The number of allylic oxidation sites excluding steroid dienone is 1. The summed E-state index contributed by atoms with van der Waals surface area (Å²) >= 11 is 6.57. The molecule has 1 aromatic carbocycles. The van der Waals surface area contributed by atoms with Crippen LogP contribution in [0, 0.1) is 18.8 Å². The van der Waals surface area contributed by atoms with Crippen molar-refractivity contribution < 1.29 is 29.0 Å². The first-order chi connectivity index (χ1) is 18.7. The third kappa shape index (κ3) is 4.81. The van der Waals surface area contributed by atoms with Crippen LogP contribution in [-0.2, 0) is 23.9 Å². The summed E-state index contributed by atoms with van der Waals surface area (Å²) in [5, 5.41) is 10.3. The van der Waals surface area contributed by atoms with Crippen molar-refractivity contribution in [2.45, 2.75) is 69.6 Å². The average molecular weight is 559 g/mol. The summed E-state index contributed by atoms with van der Waals surface area (Å²) in [5.74, 6) is -2.89. The number of likely N-dealkylation sites (tertiary alicyclic amines) is 1. The molecule has 2 bridgehead atoms. The van der Waals surface area contributed by atoms with E-state index < -0.39 is 35.0 Å². The number of aryl methyl sites for hydroxylation is 1. The lowest BCUT2D eigenvalue weighted by Crippen LogP contribution is -2.57. The number of aliphatic hydroxyl groups is 1. The Balaban J connectivity index is 1.73. The summed E-state index contributed by atoms with van der Waals surface area (Å²) in [5.41, 5.74) is -0.759. The van der Waals surface area contributed by atoms with E-state index in [0.717, 1.165) is 18.4 Å². The van der Waals surface area contributed by atoms with Crippen molar-refractivity contribution in [2.24, 2.45) is 11.8 Å². The number of hydrogen-bond acceptors (Lipinski definition) is 6. The van der Waals surface area contributed by atoms with Gasteiger partial charge in [0, 0.05) is 13.1 Å². The van der Waals surface area contributed by atoms with E-state index in [9.17, 15) is 19.5 Å². The van der Waals surface area contributed by atoms with Gasteiger partial charge in [-0.2, -0.15) is 0 Å². The zero-order valence-corrected chi connectivity index (χ0v) is 23.6. The van der Waals surface area contributed by atoms with Crippen LogP contribution in [0.2, 0.25) is 5.02 Å². The normalized spacial score (nSPS) is 28.9. The van der Waals surface area contributed by atoms with E-state index in [1.54, 1.807) is 12.1 Å². The van der Waals surface area contributed by atoms with Gasteiger partial charge in [-0.3, -0.25) is 14.4 Å². The summed E-state index contributed by atoms with van der Waals surface area (Å²) in [4.78, 5) is 45.0. The van der Waals surface area contributed by atoms with Gasteiger partial charge in [-0.15, -0.1) is 13.2 Å². The second-order valence-corrected chi connectivity index (χ2v) is 11.1. The van der Waals surface area contributed by atoms with Crippen LogP contribution >= 0.6 is 11.6 Å². The molecule has 1 aromatic rings. The first-order valence-electron chi connectivity index (χ1n) is 13.8. The second kappa shape index (κ2) is 11.8. The number of para-hydroxylation sites is 1. The molecule has 3 aliphatic rings. The van der Waals surface area contributed by atoms with Crippen molar-refractivity contribution in [3.05, 3.63) is 54.1 Å². The second-order valence-electron chi connectivity index (χ2n) is 10.7. The minimum absolute atomic E-state index is 0.0528. The Bertz CT molecular complexity index is 1120. The number of aliphatic hydroxyl groups excluding tert-OH is 1. The number of carbonyl (C=O) groups excluding carboxylic acids is 3. The smallest absolute Gasteiger partial charge is 0.312 e. The first-order valence-corrected chi connectivity index (χ1v) is 14.2. The third-order valence-corrected chi connectivity index (χ3v) is 8.90. The number of amides is 2. The molecule has 3 saturated heterocycles. The molecule has 5 atom stereocenters. The molecule has 39 heavy (non-hydrogen) atoms. The molecule has 4 rings (SSSR count). The number of fused-ring (bicyclic) bond motifs is 1. The maximum atomic E-state index is 14.5. The van der Waals surface area contributed by atoms with E-state index in [1.807, 2.05) is 32.1 Å². The van der Waals surface area contributed by atoms with Crippen molar-refractivity contribution in [1.82, 2.24) is 4.90 Å². The Hall–Kier alpha value is -2.68. The number of nitrogens with zero attached hydrogens (tertiary/aromatic N) is 2. The minimum atomic E-state index is -1.21. The maximum Gasteiger partial charge on any atom is 0.312 e. The lowest BCUT2D eigenvalue weighted by Gasteiger charge is -2.37. The van der Waals surface area contributed by atoms with Crippen molar-refractivity contribution in [2.75, 3.05) is 31.2 Å². The number of esters is 1. The lowest BCUT2D eigenvalue weighted by molar-refractivity contribution is -0.161. The molecule has 1 N–H and O–H groups in total. The van der Waals surface area contributed by atoms with E-state index >= 15 is 0 Å². The van der Waals surface area contributed by atoms with Crippen LogP contribution < -0.4 is 4.90 Å². The highest BCUT2D eigenvalue weighted by Crippen LogP contribution is 2.64. The topological polar surface area (TPSA) is 96.4 Å². The van der Waals surface area contributed by atoms with Gasteiger partial charge in [-0.1, -0.05) is 42.8 Å². The van der Waals surface area contributed by atoms with Gasteiger partial charge in [-0.05, 0) is 57.1 Å². The molecule has 212 valence electrons. The van der Waals surface area contributed by atoms with E-state index in [4.69, 9.17) is 21.1 Å². The van der Waals surface area contributed by atoms with Gasteiger partial charge < -0.3 is 24.4 Å². The molecule has 9 heteroatoms. The maximum absolute atomic E-state index is 14.5. The van der Waals surface area contributed by atoms with Gasteiger partial charge >= 0.3 is 5.97 Å².